The normalized spacial score (nSPS) is 20.7. The molecular weight excluding hydrogens is 316 g/mol. The first-order valence-corrected chi connectivity index (χ1v) is 9.37. The third kappa shape index (κ3) is 4.47. The number of carboxylic acids is 1. The minimum absolute atomic E-state index is 0.180. The Balaban J connectivity index is 2.00. The third-order valence-electron chi connectivity index (χ3n) is 5.85. The Morgan fingerprint density at radius 3 is 2.52 bits per heavy atom. The number of aliphatic carboxylic acids is 1. The van der Waals surface area contributed by atoms with Crippen molar-refractivity contribution in [1.82, 2.24) is 0 Å². The minimum Gasteiger partial charge on any atom is -0.507 e. The van der Waals surface area contributed by atoms with Crippen molar-refractivity contribution in [3.63, 3.8) is 0 Å². The first-order chi connectivity index (χ1) is 11.6. The molecule has 4 heteroatoms. The van der Waals surface area contributed by atoms with Gasteiger partial charge in [-0.3, -0.25) is 4.79 Å². The van der Waals surface area contributed by atoms with Gasteiger partial charge < -0.3 is 14.9 Å². The zero-order valence-corrected chi connectivity index (χ0v) is 16.2. The first-order valence-electron chi connectivity index (χ1n) is 9.37. The molecule has 0 saturated carbocycles. The molecule has 2 atom stereocenters. The van der Waals surface area contributed by atoms with E-state index in [1.807, 2.05) is 20.8 Å². The maximum Gasteiger partial charge on any atom is 0.303 e. The number of rotatable bonds is 7. The van der Waals surface area contributed by atoms with Crippen LogP contribution in [0.5, 0.6) is 11.5 Å². The number of ether oxygens (including phenoxy) is 1. The van der Waals surface area contributed by atoms with E-state index < -0.39 is 5.97 Å². The molecule has 1 aromatic carbocycles. The molecule has 1 aromatic rings. The van der Waals surface area contributed by atoms with Crippen molar-refractivity contribution in [2.24, 2.45) is 5.92 Å². The van der Waals surface area contributed by atoms with E-state index in [0.717, 1.165) is 66.5 Å². The highest BCUT2D eigenvalue weighted by Gasteiger charge is 2.34. The maximum atomic E-state index is 10.7. The summed E-state index contributed by atoms with van der Waals surface area (Å²) in [5.41, 5.74) is 3.86. The van der Waals surface area contributed by atoms with E-state index in [1.54, 1.807) is 0 Å². The highest BCUT2D eigenvalue weighted by Crippen LogP contribution is 2.44. The molecule has 1 aliphatic heterocycles. The van der Waals surface area contributed by atoms with Crippen LogP contribution in [0.3, 0.4) is 0 Å². The number of carbonyl (C=O) groups is 1. The number of hydrogen-bond donors (Lipinski definition) is 2. The molecule has 25 heavy (non-hydrogen) atoms. The molecule has 0 aliphatic carbocycles. The van der Waals surface area contributed by atoms with Gasteiger partial charge in [0.05, 0.1) is 0 Å². The van der Waals surface area contributed by atoms with Crippen LogP contribution in [0.2, 0.25) is 0 Å². The summed E-state index contributed by atoms with van der Waals surface area (Å²) in [6.07, 6.45) is 5.93. The van der Waals surface area contributed by atoms with Gasteiger partial charge in [-0.15, -0.1) is 0 Å². The zero-order valence-electron chi connectivity index (χ0n) is 16.2. The van der Waals surface area contributed by atoms with E-state index in [-0.39, 0.29) is 12.0 Å². The lowest BCUT2D eigenvalue weighted by molar-refractivity contribution is -0.137. The lowest BCUT2D eigenvalue weighted by Gasteiger charge is -2.38. The zero-order chi connectivity index (χ0) is 18.8. The first kappa shape index (κ1) is 19.6. The second-order valence-corrected chi connectivity index (χ2v) is 8.01. The number of carboxylic acid groups (broad SMARTS) is 1. The molecular formula is C21H32O4. The SMILES string of the molecule is Cc1c(C)c2c(c(C)c1O)CC[C@@](C)(CCC[C@H](C)CCC(=O)O)O2. The molecule has 2 rings (SSSR count). The lowest BCUT2D eigenvalue weighted by atomic mass is 9.84. The third-order valence-corrected chi connectivity index (χ3v) is 5.85. The predicted molar refractivity (Wildman–Crippen MR) is 99.6 cm³/mol. The van der Waals surface area contributed by atoms with Crippen LogP contribution in [0.4, 0.5) is 0 Å². The Morgan fingerprint density at radius 2 is 1.88 bits per heavy atom. The standard InChI is InChI=1S/C21H32O4/c1-13(8-9-18(22)23)7-6-11-21(5)12-10-17-16(4)19(24)14(2)15(3)20(17)25-21/h13,24H,6-12H2,1-5H3,(H,22,23)/t13-,21+/m0/s1. The fraction of sp³-hybridized carbons (Fsp3) is 0.667. The van der Waals surface area contributed by atoms with E-state index in [1.165, 1.54) is 0 Å². The molecule has 0 unspecified atom stereocenters. The van der Waals surface area contributed by atoms with Crippen LogP contribution in [-0.4, -0.2) is 21.8 Å². The molecule has 0 spiro atoms. The van der Waals surface area contributed by atoms with Crippen LogP contribution in [0, 0.1) is 26.7 Å². The van der Waals surface area contributed by atoms with Crippen LogP contribution >= 0.6 is 0 Å². The van der Waals surface area contributed by atoms with Gasteiger partial charge in [0.25, 0.3) is 0 Å². The monoisotopic (exact) mass is 348 g/mol. The van der Waals surface area contributed by atoms with Gasteiger partial charge >= 0.3 is 5.97 Å². The molecule has 2 N–H and O–H groups in total. The van der Waals surface area contributed by atoms with Crippen molar-refractivity contribution in [2.45, 2.75) is 85.2 Å². The van der Waals surface area contributed by atoms with Crippen molar-refractivity contribution in [3.8, 4) is 11.5 Å². The van der Waals surface area contributed by atoms with Crippen molar-refractivity contribution >= 4 is 5.97 Å². The van der Waals surface area contributed by atoms with Gasteiger partial charge in [-0.25, -0.2) is 0 Å². The van der Waals surface area contributed by atoms with Crippen LogP contribution in [0.25, 0.3) is 0 Å². The number of phenolic OH excluding ortho intramolecular Hbond substituents is 1. The number of aromatic hydroxyl groups is 1. The topological polar surface area (TPSA) is 66.8 Å². The molecule has 0 fully saturated rings. The van der Waals surface area contributed by atoms with Crippen molar-refractivity contribution in [2.75, 3.05) is 0 Å². The summed E-state index contributed by atoms with van der Waals surface area (Å²) in [4.78, 5) is 10.7. The Kier molecular flexibility index (Phi) is 6.02. The van der Waals surface area contributed by atoms with Gasteiger partial charge in [0.1, 0.15) is 17.1 Å². The molecule has 0 aromatic heterocycles. The number of hydrogen-bond acceptors (Lipinski definition) is 3. The van der Waals surface area contributed by atoms with Crippen LogP contribution in [0.15, 0.2) is 0 Å². The molecule has 0 saturated heterocycles. The lowest BCUT2D eigenvalue weighted by Crippen LogP contribution is -2.37. The van der Waals surface area contributed by atoms with Crippen molar-refractivity contribution in [3.05, 3.63) is 22.3 Å². The second kappa shape index (κ2) is 7.67. The summed E-state index contributed by atoms with van der Waals surface area (Å²) in [7, 11) is 0. The summed E-state index contributed by atoms with van der Waals surface area (Å²) in [5.74, 6) is 1.07. The van der Waals surface area contributed by atoms with Gasteiger partial charge in [-0.2, -0.15) is 0 Å². The Hall–Kier alpha value is -1.71. The van der Waals surface area contributed by atoms with E-state index in [4.69, 9.17) is 9.84 Å². The molecule has 140 valence electrons. The Morgan fingerprint density at radius 1 is 1.20 bits per heavy atom. The fourth-order valence-electron chi connectivity index (χ4n) is 3.81. The fourth-order valence-corrected chi connectivity index (χ4v) is 3.81. The highest BCUT2D eigenvalue weighted by atomic mass is 16.5. The van der Waals surface area contributed by atoms with E-state index in [2.05, 4.69) is 13.8 Å². The van der Waals surface area contributed by atoms with Crippen molar-refractivity contribution < 1.29 is 19.7 Å². The van der Waals surface area contributed by atoms with E-state index in [9.17, 15) is 9.90 Å². The Labute approximate surface area is 151 Å². The summed E-state index contributed by atoms with van der Waals surface area (Å²) in [6, 6.07) is 0. The summed E-state index contributed by atoms with van der Waals surface area (Å²) in [5, 5.41) is 19.0. The predicted octanol–water partition coefficient (Wildman–Crippen LogP) is 5.07. The number of phenols is 1. The molecule has 4 nitrogen and oxygen atoms in total. The van der Waals surface area contributed by atoms with Crippen LogP contribution < -0.4 is 4.74 Å². The van der Waals surface area contributed by atoms with Gasteiger partial charge in [-0.05, 0) is 82.4 Å². The van der Waals surface area contributed by atoms with Crippen LogP contribution in [0.1, 0.15) is 74.6 Å². The smallest absolute Gasteiger partial charge is 0.303 e. The summed E-state index contributed by atoms with van der Waals surface area (Å²) >= 11 is 0. The summed E-state index contributed by atoms with van der Waals surface area (Å²) in [6.45, 7) is 10.2. The van der Waals surface area contributed by atoms with Gasteiger partial charge in [0.2, 0.25) is 0 Å². The van der Waals surface area contributed by atoms with Crippen LogP contribution in [-0.2, 0) is 11.2 Å². The number of fused-ring (bicyclic) bond motifs is 1. The second-order valence-electron chi connectivity index (χ2n) is 8.01. The molecule has 1 heterocycles. The van der Waals surface area contributed by atoms with Gasteiger partial charge in [-0.1, -0.05) is 13.3 Å². The average Bonchev–Trinajstić information content (AvgIpc) is 2.56. The molecule has 0 radical (unpaired) electrons. The quantitative estimate of drug-likeness (QED) is 0.722. The maximum absolute atomic E-state index is 10.7. The minimum atomic E-state index is -0.712. The number of benzene rings is 1. The molecule has 1 aliphatic rings. The Bertz CT molecular complexity index is 650. The van der Waals surface area contributed by atoms with E-state index in [0.29, 0.717) is 11.7 Å². The van der Waals surface area contributed by atoms with Gasteiger partial charge in [0.15, 0.2) is 0 Å². The molecule has 0 amide bonds. The van der Waals surface area contributed by atoms with E-state index >= 15 is 0 Å². The van der Waals surface area contributed by atoms with Gasteiger partial charge in [0, 0.05) is 12.0 Å². The highest BCUT2D eigenvalue weighted by molar-refractivity contribution is 5.66. The van der Waals surface area contributed by atoms with Crippen molar-refractivity contribution in [1.29, 1.82) is 0 Å². The summed E-state index contributed by atoms with van der Waals surface area (Å²) < 4.78 is 6.44. The molecule has 0 bridgehead atoms. The average molecular weight is 348 g/mol. The largest absolute Gasteiger partial charge is 0.507 e.